The van der Waals surface area contributed by atoms with E-state index in [1.165, 1.54) is 43.6 Å². The lowest BCUT2D eigenvalue weighted by Crippen LogP contribution is -2.46. The molecule has 1 aromatic heterocycles. The van der Waals surface area contributed by atoms with Gasteiger partial charge in [0.1, 0.15) is 23.7 Å². The summed E-state index contributed by atoms with van der Waals surface area (Å²) in [6.07, 6.45) is 1.72. The van der Waals surface area contributed by atoms with E-state index in [0.29, 0.717) is 25.2 Å². The Morgan fingerprint density at radius 2 is 2.00 bits per heavy atom. The van der Waals surface area contributed by atoms with Crippen LogP contribution in [0.4, 0.5) is 4.39 Å². The Balaban J connectivity index is 1.77. The molecule has 2 heterocycles. The average Bonchev–Trinajstić information content (AvgIpc) is 2.89. The molecular formula is C25H31FN2O7. The van der Waals surface area contributed by atoms with Gasteiger partial charge in [-0.1, -0.05) is 6.92 Å². The molecular weight excluding hydrogens is 459 g/mol. The van der Waals surface area contributed by atoms with Crippen LogP contribution in [0.1, 0.15) is 50.0 Å². The molecule has 9 nitrogen and oxygen atoms in total. The number of aromatic nitrogens is 1. The van der Waals surface area contributed by atoms with Crippen LogP contribution in [0.3, 0.4) is 0 Å². The number of aromatic hydroxyl groups is 1. The summed E-state index contributed by atoms with van der Waals surface area (Å²) >= 11 is 0. The Hall–Kier alpha value is -3.40. The van der Waals surface area contributed by atoms with Crippen molar-refractivity contribution in [3.05, 3.63) is 48.0 Å². The van der Waals surface area contributed by atoms with E-state index in [-0.39, 0.29) is 29.8 Å². The molecule has 0 saturated carbocycles. The second-order valence-electron chi connectivity index (χ2n) is 8.26. The van der Waals surface area contributed by atoms with Gasteiger partial charge >= 0.3 is 5.97 Å². The first-order valence-corrected chi connectivity index (χ1v) is 11.6. The number of halogens is 1. The monoisotopic (exact) mass is 490 g/mol. The number of cyclic esters (lactones) is 1. The molecule has 1 saturated heterocycles. The quantitative estimate of drug-likeness (QED) is 0.541. The van der Waals surface area contributed by atoms with Crippen LogP contribution in [0.15, 0.2) is 36.5 Å². The van der Waals surface area contributed by atoms with Gasteiger partial charge in [-0.3, -0.25) is 4.79 Å². The standard InChI is InChI=1S/C25H31FN2O7/c1-4-14-33-20-7-5-6-18(28-24(30)21-22(29)19(32-3)12-13-27-21)25(31)34-15(2)23(20)35-17-10-8-16(26)9-11-17/h8-13,15,18,20,23,29H,4-7,14H2,1-3H3,(H,28,30)/t15-,18-,20-,23-/m0/s1. The minimum Gasteiger partial charge on any atom is -0.503 e. The zero-order chi connectivity index (χ0) is 25.4. The van der Waals surface area contributed by atoms with Crippen molar-refractivity contribution in [1.29, 1.82) is 0 Å². The largest absolute Gasteiger partial charge is 0.503 e. The predicted molar refractivity (Wildman–Crippen MR) is 124 cm³/mol. The van der Waals surface area contributed by atoms with E-state index in [1.54, 1.807) is 6.92 Å². The molecule has 1 aliphatic rings. The Morgan fingerprint density at radius 3 is 2.69 bits per heavy atom. The van der Waals surface area contributed by atoms with Crippen LogP contribution in [0.5, 0.6) is 17.2 Å². The van der Waals surface area contributed by atoms with Gasteiger partial charge in [-0.25, -0.2) is 14.2 Å². The summed E-state index contributed by atoms with van der Waals surface area (Å²) in [6, 6.07) is 6.04. The number of hydrogen-bond donors (Lipinski definition) is 2. The van der Waals surface area contributed by atoms with E-state index in [1.807, 2.05) is 6.92 Å². The SMILES string of the molecule is CCCO[C@H]1CCC[C@H](NC(=O)c2nccc(OC)c2O)C(=O)O[C@@H](C)[C@@H]1Oc1ccc(F)cc1. The highest BCUT2D eigenvalue weighted by atomic mass is 19.1. The van der Waals surface area contributed by atoms with E-state index < -0.39 is 35.9 Å². The number of nitrogens with one attached hydrogen (secondary N) is 1. The summed E-state index contributed by atoms with van der Waals surface area (Å²) in [5.41, 5.74) is -0.258. The second kappa shape index (κ2) is 12.3. The fourth-order valence-corrected chi connectivity index (χ4v) is 3.85. The molecule has 4 atom stereocenters. The summed E-state index contributed by atoms with van der Waals surface area (Å²) in [5.74, 6) is -1.66. The number of benzene rings is 1. The van der Waals surface area contributed by atoms with Crippen molar-refractivity contribution >= 4 is 11.9 Å². The molecule has 0 spiro atoms. The number of methoxy groups -OCH3 is 1. The van der Waals surface area contributed by atoms with Crippen molar-refractivity contribution in [2.75, 3.05) is 13.7 Å². The zero-order valence-electron chi connectivity index (χ0n) is 20.0. The highest BCUT2D eigenvalue weighted by molar-refractivity contribution is 5.97. The van der Waals surface area contributed by atoms with Crippen molar-refractivity contribution in [2.45, 2.75) is 63.9 Å². The number of pyridine rings is 1. The molecule has 1 aromatic carbocycles. The van der Waals surface area contributed by atoms with Crippen molar-refractivity contribution in [3.63, 3.8) is 0 Å². The Kier molecular flexibility index (Phi) is 9.25. The normalized spacial score (nSPS) is 22.8. The van der Waals surface area contributed by atoms with Crippen LogP contribution >= 0.6 is 0 Å². The zero-order valence-corrected chi connectivity index (χ0v) is 20.0. The van der Waals surface area contributed by atoms with Gasteiger partial charge in [0.25, 0.3) is 5.91 Å². The van der Waals surface area contributed by atoms with Gasteiger partial charge in [-0.2, -0.15) is 0 Å². The molecule has 1 aliphatic heterocycles. The number of amides is 1. The molecule has 3 rings (SSSR count). The third kappa shape index (κ3) is 6.82. The third-order valence-electron chi connectivity index (χ3n) is 5.65. The smallest absolute Gasteiger partial charge is 0.329 e. The molecule has 35 heavy (non-hydrogen) atoms. The molecule has 0 radical (unpaired) electrons. The van der Waals surface area contributed by atoms with Crippen LogP contribution in [-0.4, -0.2) is 60.0 Å². The molecule has 10 heteroatoms. The predicted octanol–water partition coefficient (Wildman–Crippen LogP) is 3.39. The van der Waals surface area contributed by atoms with Crippen molar-refractivity contribution in [3.8, 4) is 17.2 Å². The lowest BCUT2D eigenvalue weighted by molar-refractivity contribution is -0.159. The van der Waals surface area contributed by atoms with Crippen LogP contribution in [-0.2, 0) is 14.3 Å². The maximum atomic E-state index is 13.3. The first-order valence-electron chi connectivity index (χ1n) is 11.6. The van der Waals surface area contributed by atoms with Crippen LogP contribution < -0.4 is 14.8 Å². The van der Waals surface area contributed by atoms with Crippen LogP contribution in [0.25, 0.3) is 0 Å². The topological polar surface area (TPSA) is 116 Å². The summed E-state index contributed by atoms with van der Waals surface area (Å²) in [7, 11) is 1.36. The molecule has 190 valence electrons. The van der Waals surface area contributed by atoms with E-state index in [4.69, 9.17) is 18.9 Å². The first kappa shape index (κ1) is 26.2. The van der Waals surface area contributed by atoms with Crippen LogP contribution in [0.2, 0.25) is 0 Å². The minimum atomic E-state index is -0.964. The lowest BCUT2D eigenvalue weighted by atomic mass is 10.0. The molecule has 2 N–H and O–H groups in total. The maximum Gasteiger partial charge on any atom is 0.329 e. The van der Waals surface area contributed by atoms with Crippen LogP contribution in [0, 0.1) is 5.82 Å². The second-order valence-corrected chi connectivity index (χ2v) is 8.26. The number of carbonyl (C=O) groups is 2. The fourth-order valence-electron chi connectivity index (χ4n) is 3.85. The van der Waals surface area contributed by atoms with Gasteiger partial charge in [-0.05, 0) is 56.9 Å². The van der Waals surface area contributed by atoms with Crippen molar-refractivity contribution in [1.82, 2.24) is 10.3 Å². The Bertz CT molecular complexity index is 1000. The van der Waals surface area contributed by atoms with Gasteiger partial charge < -0.3 is 29.4 Å². The number of ether oxygens (including phenoxy) is 4. The van der Waals surface area contributed by atoms with E-state index in [9.17, 15) is 19.1 Å². The first-order chi connectivity index (χ1) is 16.8. The molecule has 2 aromatic rings. The molecule has 1 amide bonds. The van der Waals surface area contributed by atoms with E-state index in [0.717, 1.165) is 6.42 Å². The van der Waals surface area contributed by atoms with Gasteiger partial charge in [-0.15, -0.1) is 0 Å². The van der Waals surface area contributed by atoms with E-state index >= 15 is 0 Å². The highest BCUT2D eigenvalue weighted by Gasteiger charge is 2.36. The highest BCUT2D eigenvalue weighted by Crippen LogP contribution is 2.28. The summed E-state index contributed by atoms with van der Waals surface area (Å²) in [5, 5.41) is 12.8. The summed E-state index contributed by atoms with van der Waals surface area (Å²) in [4.78, 5) is 29.7. The molecule has 0 aliphatic carbocycles. The fraction of sp³-hybridized carbons (Fsp3) is 0.480. The van der Waals surface area contributed by atoms with Gasteiger partial charge in [0.05, 0.1) is 13.2 Å². The van der Waals surface area contributed by atoms with Crippen molar-refractivity contribution in [2.24, 2.45) is 0 Å². The maximum absolute atomic E-state index is 13.3. The number of esters is 1. The molecule has 1 fully saturated rings. The molecule has 0 unspecified atom stereocenters. The number of hydrogen-bond acceptors (Lipinski definition) is 8. The van der Waals surface area contributed by atoms with E-state index in [2.05, 4.69) is 10.3 Å². The summed E-state index contributed by atoms with van der Waals surface area (Å²) < 4.78 is 36.1. The average molecular weight is 491 g/mol. The van der Waals surface area contributed by atoms with Crippen molar-refractivity contribution < 1.29 is 38.0 Å². The lowest BCUT2D eigenvalue weighted by Gasteiger charge is -2.31. The molecule has 0 bridgehead atoms. The van der Waals surface area contributed by atoms with Gasteiger partial charge in [0.15, 0.2) is 23.3 Å². The Morgan fingerprint density at radius 1 is 1.26 bits per heavy atom. The summed E-state index contributed by atoms with van der Waals surface area (Å²) in [6.45, 7) is 4.17. The third-order valence-corrected chi connectivity index (χ3v) is 5.65. The van der Waals surface area contributed by atoms with Gasteiger partial charge in [0, 0.05) is 18.9 Å². The van der Waals surface area contributed by atoms with Gasteiger partial charge in [0.2, 0.25) is 0 Å². The minimum absolute atomic E-state index is 0.0903. The number of rotatable bonds is 8. The number of carbonyl (C=O) groups excluding carboxylic acids is 2. The Labute approximate surface area is 203 Å². The number of nitrogens with zero attached hydrogens (tertiary/aromatic N) is 1.